The molecule has 1 saturated heterocycles. The quantitative estimate of drug-likeness (QED) is 0.0272. The average Bonchev–Trinajstić information content (AvgIpc) is 1.73. The zero-order chi connectivity index (χ0) is 64.6. The number of hydrogen-bond acceptors (Lipinski definition) is 10. The van der Waals surface area contributed by atoms with Crippen LogP contribution in [0.4, 0.5) is 0 Å². The molecule has 0 aliphatic carbocycles. The first kappa shape index (κ1) is 86.1. The van der Waals surface area contributed by atoms with Gasteiger partial charge in [0.2, 0.25) is 5.91 Å². The number of unbranched alkanes of at least 4 members (excludes halogenated alkanes) is 60. The Morgan fingerprint density at radius 1 is 0.348 bits per heavy atom. The highest BCUT2D eigenvalue weighted by molar-refractivity contribution is 5.80. The molecule has 11 heteroatoms. The summed E-state index contributed by atoms with van der Waals surface area (Å²) in [6.07, 6.45) is 72.2. The second-order valence-electron chi connectivity index (χ2n) is 28.5. The van der Waals surface area contributed by atoms with E-state index >= 15 is 0 Å². The van der Waals surface area contributed by atoms with E-state index in [1.54, 1.807) is 0 Å². The van der Waals surface area contributed by atoms with Gasteiger partial charge >= 0.3 is 0 Å². The molecule has 1 fully saturated rings. The molecule has 9 unspecified atom stereocenters. The summed E-state index contributed by atoms with van der Waals surface area (Å²) in [4.78, 5) is 13.3. The van der Waals surface area contributed by atoms with Crippen LogP contribution < -0.4 is 5.32 Å². The van der Waals surface area contributed by atoms with Crippen molar-refractivity contribution in [2.75, 3.05) is 13.2 Å². The summed E-state index contributed by atoms with van der Waals surface area (Å²) in [7, 11) is 0. The fourth-order valence-electron chi connectivity index (χ4n) is 13.6. The number of amides is 1. The fourth-order valence-corrected chi connectivity index (χ4v) is 13.6. The predicted octanol–water partition coefficient (Wildman–Crippen LogP) is 20.4. The highest BCUT2D eigenvalue weighted by Crippen LogP contribution is 2.25. The highest BCUT2D eigenvalue weighted by Gasteiger charge is 2.44. The van der Waals surface area contributed by atoms with E-state index in [4.69, 9.17) is 9.47 Å². The van der Waals surface area contributed by atoms with Crippen molar-refractivity contribution in [3.05, 3.63) is 0 Å². The van der Waals surface area contributed by atoms with Gasteiger partial charge in [-0.2, -0.15) is 0 Å². The summed E-state index contributed by atoms with van der Waals surface area (Å²) in [5.74, 6) is -0.685. The average molecular weight is 1270 g/mol. The van der Waals surface area contributed by atoms with Crippen LogP contribution in [0.3, 0.4) is 0 Å². The van der Waals surface area contributed by atoms with E-state index in [0.717, 1.165) is 38.5 Å². The number of nitrogens with one attached hydrogen (secondary N) is 1. The van der Waals surface area contributed by atoms with E-state index in [2.05, 4.69) is 19.2 Å². The van der Waals surface area contributed by atoms with Gasteiger partial charge in [0.25, 0.3) is 0 Å². The summed E-state index contributed by atoms with van der Waals surface area (Å²) in [5, 5.41) is 76.7. The van der Waals surface area contributed by atoms with Crippen molar-refractivity contribution >= 4 is 5.91 Å². The molecule has 1 rings (SSSR count). The van der Waals surface area contributed by atoms with Gasteiger partial charge in [0.05, 0.1) is 25.4 Å². The Morgan fingerprint density at radius 3 is 0.831 bits per heavy atom. The highest BCUT2D eigenvalue weighted by atomic mass is 16.7. The molecule has 1 aliphatic rings. The van der Waals surface area contributed by atoms with E-state index in [9.17, 15) is 40.5 Å². The summed E-state index contributed by atoms with van der Waals surface area (Å²) in [6.45, 7) is 3.54. The van der Waals surface area contributed by atoms with E-state index in [0.29, 0.717) is 19.3 Å². The number of carbonyl (C=O) groups excluding carboxylic acids is 1. The first-order valence-corrected chi connectivity index (χ1v) is 39.9. The Bertz CT molecular complexity index is 1410. The molecule has 1 amide bonds. The van der Waals surface area contributed by atoms with Gasteiger partial charge < -0.3 is 50.5 Å². The zero-order valence-electron chi connectivity index (χ0n) is 59.2. The van der Waals surface area contributed by atoms with Gasteiger partial charge in [-0.3, -0.25) is 4.79 Å². The molecular weight excluding hydrogens is 1110 g/mol. The van der Waals surface area contributed by atoms with Gasteiger partial charge in [0.1, 0.15) is 36.6 Å². The zero-order valence-corrected chi connectivity index (χ0v) is 59.2. The number of hydrogen-bond donors (Lipinski definition) is 8. The fraction of sp³-hybridized carbons (Fsp3) is 0.987. The Kier molecular flexibility index (Phi) is 64.9. The molecule has 0 aromatic carbocycles. The lowest BCUT2D eigenvalue weighted by Crippen LogP contribution is -2.60. The van der Waals surface area contributed by atoms with Crippen LogP contribution in [0.5, 0.6) is 0 Å². The van der Waals surface area contributed by atoms with Crippen molar-refractivity contribution in [3.63, 3.8) is 0 Å². The third-order valence-corrected chi connectivity index (χ3v) is 19.9. The molecule has 11 nitrogen and oxygen atoms in total. The summed E-state index contributed by atoms with van der Waals surface area (Å²) in [6, 6.07) is -1.17. The SMILES string of the molecule is CCCCCCCCCCCCCCCCCCCCCCCCCCCCCCCCCCCCCCC(O)C(=O)NC(COC1OC(CO)C(O)C(O)C1O)C(O)C(O)CCCCCCCCCCCCCCCCCCCCCCCCCCCC. The van der Waals surface area contributed by atoms with Crippen LogP contribution >= 0.6 is 0 Å². The third-order valence-electron chi connectivity index (χ3n) is 19.9. The van der Waals surface area contributed by atoms with Gasteiger partial charge in [-0.25, -0.2) is 0 Å². The summed E-state index contributed by atoms with van der Waals surface area (Å²) < 4.78 is 11.2. The first-order chi connectivity index (χ1) is 43.7. The van der Waals surface area contributed by atoms with Crippen LogP contribution in [0.2, 0.25) is 0 Å². The molecule has 9 atom stereocenters. The van der Waals surface area contributed by atoms with E-state index in [1.807, 2.05) is 0 Å². The van der Waals surface area contributed by atoms with Gasteiger partial charge in [-0.15, -0.1) is 0 Å². The molecule has 8 N–H and O–H groups in total. The second kappa shape index (κ2) is 67.1. The van der Waals surface area contributed by atoms with Gasteiger partial charge in [-0.1, -0.05) is 412 Å². The molecule has 89 heavy (non-hydrogen) atoms. The Morgan fingerprint density at radius 2 is 0.584 bits per heavy atom. The molecule has 0 aromatic rings. The maximum absolute atomic E-state index is 13.3. The van der Waals surface area contributed by atoms with Gasteiger partial charge in [-0.05, 0) is 12.8 Å². The van der Waals surface area contributed by atoms with Crippen molar-refractivity contribution in [1.29, 1.82) is 0 Å². The lowest BCUT2D eigenvalue weighted by Gasteiger charge is -2.40. The molecule has 0 radical (unpaired) electrons. The maximum atomic E-state index is 13.3. The van der Waals surface area contributed by atoms with Crippen LogP contribution in [0.25, 0.3) is 0 Å². The molecule has 1 heterocycles. The number of carbonyl (C=O) groups is 1. The molecule has 532 valence electrons. The monoisotopic (exact) mass is 1270 g/mol. The van der Waals surface area contributed by atoms with E-state index in [-0.39, 0.29) is 6.42 Å². The lowest BCUT2D eigenvalue weighted by molar-refractivity contribution is -0.303. The van der Waals surface area contributed by atoms with E-state index < -0.39 is 74.2 Å². The van der Waals surface area contributed by atoms with Crippen LogP contribution in [-0.4, -0.2) is 110 Å². The lowest BCUT2D eigenvalue weighted by atomic mass is 9.98. The van der Waals surface area contributed by atoms with Gasteiger partial charge in [0.15, 0.2) is 6.29 Å². The van der Waals surface area contributed by atoms with E-state index in [1.165, 1.54) is 347 Å². The van der Waals surface area contributed by atoms with Crippen molar-refractivity contribution in [2.24, 2.45) is 0 Å². The normalized spacial score (nSPS) is 18.4. The minimum absolute atomic E-state index is 0.268. The molecule has 0 aromatic heterocycles. The smallest absolute Gasteiger partial charge is 0.249 e. The van der Waals surface area contributed by atoms with Crippen LogP contribution in [0, 0.1) is 0 Å². The Labute approximate surface area is 551 Å². The van der Waals surface area contributed by atoms with Crippen LogP contribution in [0.1, 0.15) is 425 Å². The predicted molar refractivity (Wildman–Crippen MR) is 377 cm³/mol. The molecule has 0 saturated carbocycles. The molecule has 1 aliphatic heterocycles. The van der Waals surface area contributed by atoms with Crippen LogP contribution in [0.15, 0.2) is 0 Å². The summed E-state index contributed by atoms with van der Waals surface area (Å²) >= 11 is 0. The van der Waals surface area contributed by atoms with Crippen molar-refractivity contribution < 1.29 is 50.0 Å². The molecule has 0 bridgehead atoms. The third kappa shape index (κ3) is 54.0. The van der Waals surface area contributed by atoms with Crippen molar-refractivity contribution in [2.45, 2.75) is 480 Å². The minimum atomic E-state index is -1.66. The molecule has 0 spiro atoms. The standard InChI is InChI=1S/C78H155NO10/c1-3-5-7-9-11-13-15-17-19-21-23-25-27-29-31-32-33-34-35-36-37-38-39-40-42-44-46-48-50-52-54-56-58-60-62-64-66-71(82)77(87)79-69(68-88-78-76(86)75(85)74(84)72(67-80)89-78)73(83)70(81)65-63-61-59-57-55-53-51-49-47-45-43-41-30-28-26-24-22-20-18-16-14-12-10-8-6-4-2/h69-76,78,80-86H,3-68H2,1-2H3,(H,79,87). The largest absolute Gasteiger partial charge is 0.394 e. The van der Waals surface area contributed by atoms with Crippen molar-refractivity contribution in [3.8, 4) is 0 Å². The minimum Gasteiger partial charge on any atom is -0.394 e. The Balaban J connectivity index is 2.11. The maximum Gasteiger partial charge on any atom is 0.249 e. The Hall–Kier alpha value is -0.890. The molecular formula is C78H155NO10. The van der Waals surface area contributed by atoms with Crippen molar-refractivity contribution in [1.82, 2.24) is 5.32 Å². The topological polar surface area (TPSA) is 189 Å². The van der Waals surface area contributed by atoms with Gasteiger partial charge in [0, 0.05) is 0 Å². The number of rotatable bonds is 72. The second-order valence-corrected chi connectivity index (χ2v) is 28.5. The first-order valence-electron chi connectivity index (χ1n) is 39.9. The number of aliphatic hydroxyl groups is 7. The summed E-state index contributed by atoms with van der Waals surface area (Å²) in [5.41, 5.74) is 0. The number of ether oxygens (including phenoxy) is 2. The number of aliphatic hydroxyl groups excluding tert-OH is 7. The van der Waals surface area contributed by atoms with Crippen LogP contribution in [-0.2, 0) is 14.3 Å².